The van der Waals surface area contributed by atoms with E-state index in [-0.39, 0.29) is 11.8 Å². The lowest BCUT2D eigenvalue weighted by molar-refractivity contribution is -0.124. The van der Waals surface area contributed by atoms with Crippen molar-refractivity contribution >= 4 is 29.1 Å². The molecule has 1 atom stereocenters. The molecule has 1 fully saturated rings. The number of rotatable bonds is 3. The van der Waals surface area contributed by atoms with Crippen molar-refractivity contribution in [3.63, 3.8) is 0 Å². The minimum absolute atomic E-state index is 0.117. The molecule has 0 spiro atoms. The van der Waals surface area contributed by atoms with Gasteiger partial charge in [0, 0.05) is 35.0 Å². The summed E-state index contributed by atoms with van der Waals surface area (Å²) in [6, 6.07) is 10.8. The Morgan fingerprint density at radius 2 is 2.03 bits per heavy atom. The number of ether oxygens (including phenoxy) is 2. The lowest BCUT2D eigenvalue weighted by atomic mass is 10.1. The predicted octanol–water partition coefficient (Wildman–Crippen LogP) is 3.80. The molecule has 4 rings (SSSR count). The number of hydrogen-bond donors (Lipinski definition) is 1. The second-order valence-electron chi connectivity index (χ2n) is 7.35. The number of carbonyl (C=O) groups excluding carboxylic acids is 2. The van der Waals surface area contributed by atoms with E-state index in [1.54, 1.807) is 23.1 Å². The van der Waals surface area contributed by atoms with Crippen molar-refractivity contribution in [1.29, 1.82) is 0 Å². The zero-order valence-corrected chi connectivity index (χ0v) is 17.0. The van der Waals surface area contributed by atoms with Gasteiger partial charge in [-0.25, -0.2) is 0 Å². The van der Waals surface area contributed by atoms with Crippen molar-refractivity contribution in [3.05, 3.63) is 58.1 Å². The highest BCUT2D eigenvalue weighted by molar-refractivity contribution is 6.30. The quantitative estimate of drug-likeness (QED) is 0.829. The van der Waals surface area contributed by atoms with Crippen molar-refractivity contribution in [2.45, 2.75) is 32.4 Å². The van der Waals surface area contributed by atoms with E-state index in [0.29, 0.717) is 42.6 Å². The fourth-order valence-electron chi connectivity index (χ4n) is 3.61. The highest BCUT2D eigenvalue weighted by Crippen LogP contribution is 2.28. The summed E-state index contributed by atoms with van der Waals surface area (Å²) in [5.41, 5.74) is 2.92. The van der Waals surface area contributed by atoms with E-state index in [2.05, 4.69) is 5.32 Å². The molecule has 2 aromatic rings. The third-order valence-electron chi connectivity index (χ3n) is 5.25. The van der Waals surface area contributed by atoms with E-state index < -0.39 is 6.10 Å². The van der Waals surface area contributed by atoms with Crippen molar-refractivity contribution < 1.29 is 19.1 Å². The smallest absolute Gasteiger partial charge is 0.254 e. The molecule has 2 aliphatic rings. The number of nitrogens with one attached hydrogen (secondary N) is 1. The normalized spacial score (nSPS) is 18.6. The second-order valence-corrected chi connectivity index (χ2v) is 7.78. The molecule has 152 valence electrons. The molecule has 0 aromatic heterocycles. The van der Waals surface area contributed by atoms with Gasteiger partial charge >= 0.3 is 0 Å². The zero-order valence-electron chi connectivity index (χ0n) is 16.2. The summed E-state index contributed by atoms with van der Waals surface area (Å²) in [6.45, 7) is 3.81. The van der Waals surface area contributed by atoms with Crippen LogP contribution in [0, 0.1) is 6.92 Å². The number of amides is 2. The first-order chi connectivity index (χ1) is 14.0. The Morgan fingerprint density at radius 3 is 2.83 bits per heavy atom. The van der Waals surface area contributed by atoms with Crippen molar-refractivity contribution in [1.82, 2.24) is 4.90 Å². The van der Waals surface area contributed by atoms with E-state index in [9.17, 15) is 9.59 Å². The Kier molecular flexibility index (Phi) is 5.74. The molecule has 1 N–H and O–H groups in total. The van der Waals surface area contributed by atoms with E-state index in [0.717, 1.165) is 29.7 Å². The van der Waals surface area contributed by atoms with Crippen LogP contribution < -0.4 is 10.1 Å². The largest absolute Gasteiger partial charge is 0.491 e. The highest BCUT2D eigenvalue weighted by atomic mass is 35.5. The molecule has 0 radical (unpaired) electrons. The summed E-state index contributed by atoms with van der Waals surface area (Å²) < 4.78 is 11.2. The van der Waals surface area contributed by atoms with Gasteiger partial charge in [0.1, 0.15) is 18.5 Å². The van der Waals surface area contributed by atoms with Crippen LogP contribution >= 0.6 is 11.6 Å². The van der Waals surface area contributed by atoms with Crippen LogP contribution in [-0.4, -0.2) is 42.6 Å². The predicted molar refractivity (Wildman–Crippen MR) is 110 cm³/mol. The van der Waals surface area contributed by atoms with Crippen LogP contribution in [0.15, 0.2) is 36.4 Å². The first-order valence-electron chi connectivity index (χ1n) is 9.75. The summed E-state index contributed by atoms with van der Waals surface area (Å²) in [5.74, 6) is 0.467. The van der Waals surface area contributed by atoms with Gasteiger partial charge in [0.25, 0.3) is 11.8 Å². The maximum Gasteiger partial charge on any atom is 0.254 e. The zero-order chi connectivity index (χ0) is 20.4. The summed E-state index contributed by atoms with van der Waals surface area (Å²) >= 11 is 6.11. The Hall–Kier alpha value is -2.57. The standard InChI is InChI=1S/C22H23ClN2O4/c1-14-4-5-15(12-18(14)24-21(26)20-3-2-9-28-20)22(27)25-8-10-29-19-7-6-17(23)11-16(19)13-25/h4-7,11-12,20H,2-3,8-10,13H2,1H3,(H,24,26)/t20-/m1/s1. The summed E-state index contributed by atoms with van der Waals surface area (Å²) in [7, 11) is 0. The molecular formula is C22H23ClN2O4. The lowest BCUT2D eigenvalue weighted by Gasteiger charge is -2.21. The number of fused-ring (bicyclic) bond motifs is 1. The Bertz CT molecular complexity index is 940. The molecule has 1 saturated heterocycles. The number of aryl methyl sites for hydroxylation is 1. The maximum absolute atomic E-state index is 13.2. The molecule has 0 saturated carbocycles. The van der Waals surface area contributed by atoms with E-state index in [1.807, 2.05) is 25.1 Å². The first kappa shape index (κ1) is 19.7. The van der Waals surface area contributed by atoms with Gasteiger partial charge in [0.2, 0.25) is 0 Å². The third-order valence-corrected chi connectivity index (χ3v) is 5.49. The summed E-state index contributed by atoms with van der Waals surface area (Å²) in [6.07, 6.45) is 1.19. The fourth-order valence-corrected chi connectivity index (χ4v) is 3.80. The lowest BCUT2D eigenvalue weighted by Crippen LogP contribution is -2.32. The molecule has 0 bridgehead atoms. The molecule has 0 unspecified atom stereocenters. The van der Waals surface area contributed by atoms with Crippen LogP contribution in [0.3, 0.4) is 0 Å². The molecule has 2 aromatic carbocycles. The van der Waals surface area contributed by atoms with Crippen LogP contribution in [0.4, 0.5) is 5.69 Å². The van der Waals surface area contributed by atoms with E-state index in [4.69, 9.17) is 21.1 Å². The van der Waals surface area contributed by atoms with Gasteiger partial charge in [0.15, 0.2) is 0 Å². The average Bonchev–Trinajstić information content (AvgIpc) is 3.17. The van der Waals surface area contributed by atoms with Crippen molar-refractivity contribution in [2.75, 3.05) is 25.1 Å². The number of carbonyl (C=O) groups is 2. The molecule has 7 heteroatoms. The van der Waals surface area contributed by atoms with Crippen LogP contribution in [0.5, 0.6) is 5.75 Å². The Labute approximate surface area is 174 Å². The molecule has 2 aliphatic heterocycles. The number of nitrogens with zero attached hydrogens (tertiary/aromatic N) is 1. The van der Waals surface area contributed by atoms with Gasteiger partial charge in [-0.1, -0.05) is 17.7 Å². The molecule has 2 amide bonds. The average molecular weight is 415 g/mol. The molecule has 6 nitrogen and oxygen atoms in total. The van der Waals surface area contributed by atoms with Crippen molar-refractivity contribution in [3.8, 4) is 5.75 Å². The van der Waals surface area contributed by atoms with Gasteiger partial charge in [-0.15, -0.1) is 0 Å². The van der Waals surface area contributed by atoms with Gasteiger partial charge in [-0.2, -0.15) is 0 Å². The topological polar surface area (TPSA) is 67.9 Å². The van der Waals surface area contributed by atoms with Gasteiger partial charge in [0.05, 0.1) is 6.54 Å². The summed E-state index contributed by atoms with van der Waals surface area (Å²) in [5, 5.41) is 3.52. The Morgan fingerprint density at radius 1 is 1.17 bits per heavy atom. The minimum Gasteiger partial charge on any atom is -0.491 e. The number of halogens is 1. The Balaban J connectivity index is 1.53. The van der Waals surface area contributed by atoms with E-state index >= 15 is 0 Å². The highest BCUT2D eigenvalue weighted by Gasteiger charge is 2.25. The molecule has 29 heavy (non-hydrogen) atoms. The third kappa shape index (κ3) is 4.38. The van der Waals surface area contributed by atoms with Crippen LogP contribution in [-0.2, 0) is 16.1 Å². The monoisotopic (exact) mass is 414 g/mol. The van der Waals surface area contributed by atoms with Crippen molar-refractivity contribution in [2.24, 2.45) is 0 Å². The summed E-state index contributed by atoms with van der Waals surface area (Å²) in [4.78, 5) is 27.3. The first-order valence-corrected chi connectivity index (χ1v) is 10.1. The molecule has 0 aliphatic carbocycles. The van der Waals surface area contributed by atoms with Crippen LogP contribution in [0.25, 0.3) is 0 Å². The fraction of sp³-hybridized carbons (Fsp3) is 0.364. The van der Waals surface area contributed by atoms with Crippen LogP contribution in [0.1, 0.15) is 34.3 Å². The SMILES string of the molecule is Cc1ccc(C(=O)N2CCOc3ccc(Cl)cc3C2)cc1NC(=O)[C@H]1CCCO1. The van der Waals surface area contributed by atoms with Gasteiger partial charge in [-0.3, -0.25) is 9.59 Å². The number of hydrogen-bond acceptors (Lipinski definition) is 4. The van der Waals surface area contributed by atoms with Crippen LogP contribution in [0.2, 0.25) is 5.02 Å². The second kappa shape index (κ2) is 8.43. The van der Waals surface area contributed by atoms with E-state index in [1.165, 1.54) is 0 Å². The maximum atomic E-state index is 13.2. The molecule has 2 heterocycles. The van der Waals surface area contributed by atoms with Gasteiger partial charge in [-0.05, 0) is 55.7 Å². The van der Waals surface area contributed by atoms with Gasteiger partial charge < -0.3 is 19.7 Å². The number of benzene rings is 2. The molecular weight excluding hydrogens is 392 g/mol. The minimum atomic E-state index is -0.419. The number of anilines is 1.